The molecule has 6 nitrogen and oxygen atoms in total. The Morgan fingerprint density at radius 3 is 2.61 bits per heavy atom. The third kappa shape index (κ3) is 5.70. The van der Waals surface area contributed by atoms with Crippen LogP contribution in [0.1, 0.15) is 56.4 Å². The molecule has 0 bridgehead atoms. The molecule has 0 spiro atoms. The minimum absolute atomic E-state index is 0.0393. The highest BCUT2D eigenvalue weighted by atomic mass is 16.5. The van der Waals surface area contributed by atoms with Crippen LogP contribution in [0.5, 0.6) is 0 Å². The molecule has 5 rings (SSSR count). The van der Waals surface area contributed by atoms with Gasteiger partial charge in [0.05, 0.1) is 21.4 Å². The Bertz CT molecular complexity index is 1190. The Balaban J connectivity index is 1.42. The van der Waals surface area contributed by atoms with Gasteiger partial charge in [-0.2, -0.15) is 5.10 Å². The first-order chi connectivity index (χ1) is 17.4. The van der Waals surface area contributed by atoms with Crippen molar-refractivity contribution in [1.29, 1.82) is 0 Å². The molecule has 36 heavy (non-hydrogen) atoms. The second-order valence-corrected chi connectivity index (χ2v) is 10.3. The Morgan fingerprint density at radius 1 is 1.14 bits per heavy atom. The van der Waals surface area contributed by atoms with E-state index in [1.807, 2.05) is 48.3 Å². The summed E-state index contributed by atoms with van der Waals surface area (Å²) in [7, 11) is 11.9. The number of hydrogen-bond acceptors (Lipinski definition) is 5. The minimum atomic E-state index is -0.729. The molecule has 4 heterocycles. The molecule has 1 atom stereocenters. The summed E-state index contributed by atoms with van der Waals surface area (Å²) in [4.78, 5) is 7.31. The van der Waals surface area contributed by atoms with Gasteiger partial charge in [-0.25, -0.2) is 9.67 Å². The van der Waals surface area contributed by atoms with E-state index < -0.39 is 5.21 Å². The first kappa shape index (κ1) is 24.7. The van der Waals surface area contributed by atoms with Crippen LogP contribution >= 0.6 is 0 Å². The van der Waals surface area contributed by atoms with Gasteiger partial charge in [-0.05, 0) is 68.4 Å². The van der Waals surface area contributed by atoms with E-state index in [0.29, 0.717) is 6.42 Å². The van der Waals surface area contributed by atoms with Crippen molar-refractivity contribution in [2.75, 3.05) is 29.9 Å². The Labute approximate surface area is 217 Å². The molecule has 8 heteroatoms. The predicted octanol–water partition coefficient (Wildman–Crippen LogP) is 5.34. The molecular weight excluding hydrogens is 444 g/mol. The summed E-state index contributed by atoms with van der Waals surface area (Å²) in [6.45, 7) is 8.94. The summed E-state index contributed by atoms with van der Waals surface area (Å²) in [5, 5.41) is 7.35. The zero-order valence-electron chi connectivity index (χ0n) is 21.1. The summed E-state index contributed by atoms with van der Waals surface area (Å²) < 4.78 is 8.09. The van der Waals surface area contributed by atoms with E-state index >= 15 is 0 Å². The van der Waals surface area contributed by atoms with Crippen molar-refractivity contribution >= 4 is 32.9 Å². The van der Waals surface area contributed by atoms with Crippen molar-refractivity contribution in [1.82, 2.24) is 14.8 Å². The van der Waals surface area contributed by atoms with Gasteiger partial charge < -0.3 is 15.0 Å². The third-order valence-corrected chi connectivity index (χ3v) is 6.83. The van der Waals surface area contributed by atoms with Crippen LogP contribution < -0.4 is 10.2 Å². The molecule has 4 radical (unpaired) electrons. The summed E-state index contributed by atoms with van der Waals surface area (Å²) in [6, 6.07) is 12.4. The average Bonchev–Trinajstić information content (AvgIpc) is 3.57. The van der Waals surface area contributed by atoms with Gasteiger partial charge in [-0.1, -0.05) is 30.8 Å². The number of aromatic nitrogens is 3. The monoisotopic (exact) mass is 477 g/mol. The Kier molecular flexibility index (Phi) is 7.24. The topological polar surface area (TPSA) is 55.2 Å². The van der Waals surface area contributed by atoms with E-state index in [0.717, 1.165) is 78.5 Å². The van der Waals surface area contributed by atoms with Crippen molar-refractivity contribution in [2.45, 2.75) is 56.9 Å². The van der Waals surface area contributed by atoms with Crippen LogP contribution in [0.4, 0.5) is 11.5 Å². The lowest BCUT2D eigenvalue weighted by Crippen LogP contribution is -2.22. The molecule has 0 amide bonds. The lowest BCUT2D eigenvalue weighted by Gasteiger charge is -2.26. The first-order valence-corrected chi connectivity index (χ1v) is 12.9. The van der Waals surface area contributed by atoms with Gasteiger partial charge in [0.25, 0.3) is 0 Å². The van der Waals surface area contributed by atoms with Gasteiger partial charge in [-0.15, -0.1) is 0 Å². The molecule has 2 aromatic heterocycles. The van der Waals surface area contributed by atoms with E-state index in [1.54, 1.807) is 0 Å². The molecular formula is C28H33B2N5O. The standard InChI is InChI=1S/C28H33B2N5O/c1-20(33-23-10-8-21(9-11-23)18-28(2,29)30)22-17-24(27(31-19-22)34-14-4-5-15-34)25-12-13-32-35(25)26-7-3-6-16-36-26/h8-13,17,19,26,33H,1,3-7,14-16,18H2,2H3. The number of anilines is 2. The second-order valence-electron chi connectivity index (χ2n) is 10.3. The number of nitrogens with one attached hydrogen (secondary N) is 1. The van der Waals surface area contributed by atoms with E-state index in [4.69, 9.17) is 25.4 Å². The van der Waals surface area contributed by atoms with Gasteiger partial charge in [0.15, 0.2) is 6.23 Å². The van der Waals surface area contributed by atoms with Crippen LogP contribution in [0.3, 0.4) is 0 Å². The highest BCUT2D eigenvalue weighted by Crippen LogP contribution is 2.36. The fraction of sp³-hybridized carbons (Fsp3) is 0.429. The van der Waals surface area contributed by atoms with E-state index in [1.165, 1.54) is 12.8 Å². The lowest BCUT2D eigenvalue weighted by molar-refractivity contribution is -0.0383. The van der Waals surface area contributed by atoms with Crippen LogP contribution in [0, 0.1) is 0 Å². The number of ether oxygens (including phenoxy) is 1. The number of rotatable bonds is 8. The van der Waals surface area contributed by atoms with Crippen molar-refractivity contribution in [3.8, 4) is 11.3 Å². The lowest BCUT2D eigenvalue weighted by atomic mass is 9.53. The number of benzene rings is 1. The smallest absolute Gasteiger partial charge is 0.150 e. The quantitative estimate of drug-likeness (QED) is 0.444. The Morgan fingerprint density at radius 2 is 1.92 bits per heavy atom. The van der Waals surface area contributed by atoms with Crippen molar-refractivity contribution in [2.24, 2.45) is 0 Å². The van der Waals surface area contributed by atoms with Gasteiger partial charge >= 0.3 is 0 Å². The molecule has 0 aliphatic carbocycles. The fourth-order valence-corrected chi connectivity index (χ4v) is 5.06. The molecule has 0 saturated carbocycles. The van der Waals surface area contributed by atoms with E-state index in [2.05, 4.69) is 34.0 Å². The van der Waals surface area contributed by atoms with E-state index in [-0.39, 0.29) is 6.23 Å². The maximum absolute atomic E-state index is 6.07. The van der Waals surface area contributed by atoms with Crippen LogP contribution in [-0.2, 0) is 11.2 Å². The molecule has 2 aliphatic rings. The van der Waals surface area contributed by atoms with E-state index in [9.17, 15) is 0 Å². The largest absolute Gasteiger partial charge is 0.356 e. The molecule has 2 aliphatic heterocycles. The van der Waals surface area contributed by atoms with Gasteiger partial charge in [0.1, 0.15) is 5.82 Å². The molecule has 2 fully saturated rings. The molecule has 3 aromatic rings. The maximum Gasteiger partial charge on any atom is 0.150 e. The van der Waals surface area contributed by atoms with Gasteiger partial charge in [0, 0.05) is 54.6 Å². The normalized spacial score (nSPS) is 18.4. The summed E-state index contributed by atoms with van der Waals surface area (Å²) in [5.74, 6) is 0.998. The van der Waals surface area contributed by atoms with Crippen LogP contribution in [0.2, 0.25) is 5.21 Å². The summed E-state index contributed by atoms with van der Waals surface area (Å²) in [5.41, 5.74) is 5.85. The number of nitrogens with zero attached hydrogens (tertiary/aromatic N) is 4. The zero-order valence-corrected chi connectivity index (χ0v) is 21.1. The predicted molar refractivity (Wildman–Crippen MR) is 148 cm³/mol. The van der Waals surface area contributed by atoms with Crippen LogP contribution in [0.15, 0.2) is 55.4 Å². The van der Waals surface area contributed by atoms with Gasteiger partial charge in [-0.3, -0.25) is 0 Å². The third-order valence-electron chi connectivity index (χ3n) is 6.83. The Hall–Kier alpha value is -2.99. The van der Waals surface area contributed by atoms with Crippen molar-refractivity contribution in [3.05, 3.63) is 66.5 Å². The molecule has 1 N–H and O–H groups in total. The average molecular weight is 477 g/mol. The molecule has 1 aromatic carbocycles. The zero-order chi connectivity index (χ0) is 25.1. The summed E-state index contributed by atoms with van der Waals surface area (Å²) >= 11 is 0. The second kappa shape index (κ2) is 10.6. The van der Waals surface area contributed by atoms with Crippen LogP contribution in [0.25, 0.3) is 17.0 Å². The van der Waals surface area contributed by atoms with Crippen LogP contribution in [-0.4, -0.2) is 50.2 Å². The highest BCUT2D eigenvalue weighted by molar-refractivity contribution is 6.39. The number of pyridine rings is 1. The first-order valence-electron chi connectivity index (χ1n) is 12.9. The minimum Gasteiger partial charge on any atom is -0.356 e. The molecule has 2 saturated heterocycles. The fourth-order valence-electron chi connectivity index (χ4n) is 5.06. The molecule has 1 unspecified atom stereocenters. The van der Waals surface area contributed by atoms with Crippen molar-refractivity contribution in [3.63, 3.8) is 0 Å². The molecule has 182 valence electrons. The maximum atomic E-state index is 6.07. The number of hydrogen-bond donors (Lipinski definition) is 1. The SMILES string of the molecule is [B]C([B])(C)Cc1ccc(NC(=C)c2cnc(N3CCCC3)c(-c3ccnn3C3CCCCO3)c2)cc1. The van der Waals surface area contributed by atoms with Crippen molar-refractivity contribution < 1.29 is 4.74 Å². The highest BCUT2D eigenvalue weighted by Gasteiger charge is 2.25. The van der Waals surface area contributed by atoms with Gasteiger partial charge in [0.2, 0.25) is 0 Å². The summed E-state index contributed by atoms with van der Waals surface area (Å²) in [6.07, 6.45) is 9.93.